The van der Waals surface area contributed by atoms with Crippen LogP contribution in [0.3, 0.4) is 0 Å². The number of likely N-dealkylation sites (N-methyl/N-ethyl adjacent to an activating group) is 1. The van der Waals surface area contributed by atoms with Crippen molar-refractivity contribution in [3.63, 3.8) is 0 Å². The third kappa shape index (κ3) is 5.60. The molecule has 2 atom stereocenters. The van der Waals surface area contributed by atoms with Crippen LogP contribution in [0, 0.1) is 11.8 Å². The maximum Gasteiger partial charge on any atom is 0.405 e. The summed E-state index contributed by atoms with van der Waals surface area (Å²) < 4.78 is 35.8. The van der Waals surface area contributed by atoms with Crippen molar-refractivity contribution >= 4 is 17.8 Å². The molecular weight excluding hydrogens is 293 g/mol. The number of carbonyl (C=O) groups is 3. The van der Waals surface area contributed by atoms with Crippen molar-refractivity contribution < 1.29 is 32.7 Å². The number of alkyl halides is 3. The molecule has 0 unspecified atom stereocenters. The molecule has 0 aromatic carbocycles. The van der Waals surface area contributed by atoms with Gasteiger partial charge < -0.3 is 15.3 Å². The average Bonchev–Trinajstić information content (AvgIpc) is 2.84. The normalized spacial score (nSPS) is 21.9. The number of nitrogens with zero attached hydrogens (tertiary/aromatic N) is 1. The number of carboxylic acids is 1. The molecule has 0 aromatic rings. The van der Waals surface area contributed by atoms with Gasteiger partial charge in [-0.25, -0.2) is 0 Å². The molecule has 0 aliphatic heterocycles. The second-order valence-electron chi connectivity index (χ2n) is 5.13. The van der Waals surface area contributed by atoms with Gasteiger partial charge in [-0.15, -0.1) is 0 Å². The summed E-state index contributed by atoms with van der Waals surface area (Å²) in [7, 11) is 1.31. The summed E-state index contributed by atoms with van der Waals surface area (Å²) in [5.41, 5.74) is 0. The van der Waals surface area contributed by atoms with Crippen molar-refractivity contribution in [3.8, 4) is 0 Å². The van der Waals surface area contributed by atoms with Crippen LogP contribution in [0.5, 0.6) is 0 Å². The summed E-state index contributed by atoms with van der Waals surface area (Å²) in [6, 6.07) is 0. The number of hydrogen-bond donors (Lipinski definition) is 2. The van der Waals surface area contributed by atoms with Crippen molar-refractivity contribution in [3.05, 3.63) is 0 Å². The quantitative estimate of drug-likeness (QED) is 0.779. The smallest absolute Gasteiger partial charge is 0.405 e. The Morgan fingerprint density at radius 2 is 1.81 bits per heavy atom. The van der Waals surface area contributed by atoms with Crippen LogP contribution in [0.25, 0.3) is 0 Å². The molecule has 2 amide bonds. The van der Waals surface area contributed by atoms with Crippen LogP contribution >= 0.6 is 0 Å². The van der Waals surface area contributed by atoms with Crippen LogP contribution in [0.1, 0.15) is 19.3 Å². The molecule has 1 saturated carbocycles. The molecule has 9 heteroatoms. The Bertz CT molecular complexity index is 425. The van der Waals surface area contributed by atoms with Gasteiger partial charge in [0.25, 0.3) is 0 Å². The predicted molar refractivity (Wildman–Crippen MR) is 65.2 cm³/mol. The molecule has 1 rings (SSSR count). The number of hydrogen-bond acceptors (Lipinski definition) is 3. The van der Waals surface area contributed by atoms with E-state index in [1.807, 2.05) is 0 Å². The lowest BCUT2D eigenvalue weighted by Crippen LogP contribution is -2.43. The highest BCUT2D eigenvalue weighted by molar-refractivity contribution is 5.86. The number of nitrogens with one attached hydrogen (secondary N) is 1. The maximum absolute atomic E-state index is 12.0. The Hall–Kier alpha value is -1.80. The lowest BCUT2D eigenvalue weighted by Gasteiger charge is -2.20. The number of aliphatic carboxylic acids is 1. The van der Waals surface area contributed by atoms with Gasteiger partial charge in [0.05, 0.1) is 12.5 Å². The summed E-state index contributed by atoms with van der Waals surface area (Å²) in [5, 5.41) is 10.5. The van der Waals surface area contributed by atoms with Crippen molar-refractivity contribution in [2.45, 2.75) is 25.4 Å². The van der Waals surface area contributed by atoms with E-state index in [1.54, 1.807) is 5.32 Å². The summed E-state index contributed by atoms with van der Waals surface area (Å²) in [4.78, 5) is 35.1. The molecule has 0 radical (unpaired) electrons. The molecule has 21 heavy (non-hydrogen) atoms. The summed E-state index contributed by atoms with van der Waals surface area (Å²) in [5.74, 6) is -3.36. The fraction of sp³-hybridized carbons (Fsp3) is 0.750. The first-order valence-electron chi connectivity index (χ1n) is 6.41. The second-order valence-corrected chi connectivity index (χ2v) is 5.13. The lowest BCUT2D eigenvalue weighted by atomic mass is 10.0. The lowest BCUT2D eigenvalue weighted by molar-refractivity contribution is -0.143. The Balaban J connectivity index is 2.41. The predicted octanol–water partition coefficient (Wildman–Crippen LogP) is 0.624. The Morgan fingerprint density at radius 3 is 2.29 bits per heavy atom. The molecule has 6 nitrogen and oxygen atoms in total. The first-order chi connectivity index (χ1) is 9.60. The van der Waals surface area contributed by atoms with E-state index in [2.05, 4.69) is 0 Å². The molecule has 120 valence electrons. The molecule has 1 fully saturated rings. The number of carbonyl (C=O) groups excluding carboxylic acids is 2. The van der Waals surface area contributed by atoms with Gasteiger partial charge in [0.2, 0.25) is 11.8 Å². The van der Waals surface area contributed by atoms with E-state index in [4.69, 9.17) is 5.11 Å². The summed E-state index contributed by atoms with van der Waals surface area (Å²) in [6.45, 7) is -1.93. The van der Waals surface area contributed by atoms with Crippen molar-refractivity contribution in [1.29, 1.82) is 0 Å². The third-order valence-corrected chi connectivity index (χ3v) is 3.37. The largest absolute Gasteiger partial charge is 0.481 e. The van der Waals surface area contributed by atoms with E-state index in [-0.39, 0.29) is 6.42 Å². The van der Waals surface area contributed by atoms with Crippen LogP contribution in [-0.2, 0) is 14.4 Å². The standard InChI is InChI=1S/C12H17F3N2O4/c1-17(5-9(18)16-6-12(13,14)15)10(19)7-2-3-8(4-7)11(20)21/h7-8H,2-6H2,1H3,(H,16,18)(H,20,21)/t7-,8+/m1/s1. The van der Waals surface area contributed by atoms with Crippen LogP contribution < -0.4 is 5.32 Å². The Morgan fingerprint density at radius 1 is 1.24 bits per heavy atom. The monoisotopic (exact) mass is 310 g/mol. The zero-order chi connectivity index (χ0) is 16.2. The van der Waals surface area contributed by atoms with E-state index in [0.29, 0.717) is 12.8 Å². The first-order valence-corrected chi connectivity index (χ1v) is 6.41. The first kappa shape index (κ1) is 17.3. The van der Waals surface area contributed by atoms with E-state index < -0.39 is 48.9 Å². The average molecular weight is 310 g/mol. The minimum Gasteiger partial charge on any atom is -0.481 e. The summed E-state index contributed by atoms with van der Waals surface area (Å²) in [6.07, 6.45) is -3.51. The van der Waals surface area contributed by atoms with Crippen molar-refractivity contribution in [1.82, 2.24) is 10.2 Å². The fourth-order valence-electron chi connectivity index (χ4n) is 2.29. The highest BCUT2D eigenvalue weighted by Gasteiger charge is 2.35. The van der Waals surface area contributed by atoms with Gasteiger partial charge >= 0.3 is 12.1 Å². The van der Waals surface area contributed by atoms with E-state index in [0.717, 1.165) is 4.90 Å². The second kappa shape index (κ2) is 6.77. The maximum atomic E-state index is 12.0. The van der Waals surface area contributed by atoms with E-state index >= 15 is 0 Å². The molecule has 0 spiro atoms. The minimum absolute atomic E-state index is 0.197. The molecule has 0 bridgehead atoms. The van der Waals surface area contributed by atoms with Crippen LogP contribution in [0.2, 0.25) is 0 Å². The van der Waals surface area contributed by atoms with Gasteiger partial charge in [0.15, 0.2) is 0 Å². The van der Waals surface area contributed by atoms with Crippen molar-refractivity contribution in [2.75, 3.05) is 20.1 Å². The zero-order valence-electron chi connectivity index (χ0n) is 11.4. The Kier molecular flexibility index (Phi) is 5.56. The van der Waals surface area contributed by atoms with Gasteiger partial charge in [-0.05, 0) is 19.3 Å². The van der Waals surface area contributed by atoms with Gasteiger partial charge in [-0.3, -0.25) is 14.4 Å². The Labute approximate surface area is 119 Å². The van der Waals surface area contributed by atoms with Gasteiger partial charge in [0.1, 0.15) is 6.54 Å². The van der Waals surface area contributed by atoms with Crippen LogP contribution in [0.4, 0.5) is 13.2 Å². The van der Waals surface area contributed by atoms with Crippen LogP contribution in [-0.4, -0.2) is 54.1 Å². The minimum atomic E-state index is -4.50. The molecule has 2 N–H and O–H groups in total. The molecule has 0 heterocycles. The van der Waals surface area contributed by atoms with E-state index in [9.17, 15) is 27.6 Å². The van der Waals surface area contributed by atoms with Gasteiger partial charge in [-0.2, -0.15) is 13.2 Å². The third-order valence-electron chi connectivity index (χ3n) is 3.37. The topological polar surface area (TPSA) is 86.7 Å². The van der Waals surface area contributed by atoms with E-state index in [1.165, 1.54) is 7.05 Å². The molecule has 1 aliphatic rings. The van der Waals surface area contributed by atoms with Gasteiger partial charge in [0, 0.05) is 13.0 Å². The number of rotatable bonds is 5. The molecule has 0 saturated heterocycles. The summed E-state index contributed by atoms with van der Waals surface area (Å²) >= 11 is 0. The van der Waals surface area contributed by atoms with Crippen LogP contribution in [0.15, 0.2) is 0 Å². The highest BCUT2D eigenvalue weighted by Crippen LogP contribution is 2.32. The number of halogens is 3. The molecule has 1 aliphatic carbocycles. The zero-order valence-corrected chi connectivity index (χ0v) is 11.4. The number of carboxylic acid groups (broad SMARTS) is 1. The number of amides is 2. The highest BCUT2D eigenvalue weighted by atomic mass is 19.4. The molecular formula is C12H17F3N2O4. The van der Waals surface area contributed by atoms with Gasteiger partial charge in [-0.1, -0.05) is 0 Å². The SMILES string of the molecule is CN(CC(=O)NCC(F)(F)F)C(=O)[C@@H]1CC[C@H](C(=O)O)C1. The fourth-order valence-corrected chi connectivity index (χ4v) is 2.29. The molecule has 0 aromatic heterocycles. The van der Waals surface area contributed by atoms with Crippen molar-refractivity contribution in [2.24, 2.45) is 11.8 Å².